The second kappa shape index (κ2) is 16.9. The van der Waals surface area contributed by atoms with Gasteiger partial charge in [-0.05, 0) is 153 Å². The molecule has 14 rings (SSSR count). The predicted octanol–water partition coefficient (Wildman–Crippen LogP) is 13.7. The normalized spacial score (nSPS) is 30.3. The smallest absolute Gasteiger partial charge is 0.0501 e. The predicted molar refractivity (Wildman–Crippen MR) is 245 cm³/mol. The van der Waals surface area contributed by atoms with Crippen molar-refractivity contribution in [3.8, 4) is 22.3 Å². The molecule has 0 spiro atoms. The molecule has 0 aliphatic heterocycles. The molecule has 0 radical (unpaired) electrons. The first-order chi connectivity index (χ1) is 28.6. The summed E-state index contributed by atoms with van der Waals surface area (Å²) in [5.41, 5.74) is 12.5. The van der Waals surface area contributed by atoms with Crippen LogP contribution in [0.15, 0.2) is 146 Å². The number of nitrogens with zero attached hydrogens (tertiary/aromatic N) is 2. The van der Waals surface area contributed by atoms with Crippen LogP contribution in [0.2, 0.25) is 0 Å². The molecule has 1 atom stereocenters. The van der Waals surface area contributed by atoms with Crippen LogP contribution in [0.4, 0.5) is 0 Å². The Morgan fingerprint density at radius 2 is 0.949 bits per heavy atom. The third-order valence-electron chi connectivity index (χ3n) is 15.9. The Labute approximate surface area is 367 Å². The Hall–Kier alpha value is -3.18. The van der Waals surface area contributed by atoms with Crippen LogP contribution in [-0.2, 0) is 28.4 Å². The number of hydrogen-bond acceptors (Lipinski definition) is 2. The van der Waals surface area contributed by atoms with E-state index in [1.54, 1.807) is 5.56 Å². The molecule has 4 aromatic carbocycles. The van der Waals surface area contributed by atoms with Gasteiger partial charge >= 0.3 is 0 Å². The van der Waals surface area contributed by atoms with Crippen molar-refractivity contribution in [2.45, 2.75) is 86.8 Å². The van der Waals surface area contributed by atoms with Gasteiger partial charge in [0.1, 0.15) is 0 Å². The van der Waals surface area contributed by atoms with Crippen LogP contribution in [0, 0.1) is 47.3 Å². The molecular weight excluding hydrogens is 794 g/mol. The van der Waals surface area contributed by atoms with E-state index in [0.717, 1.165) is 70.0 Å². The molecule has 2 aromatic heterocycles. The van der Waals surface area contributed by atoms with Crippen LogP contribution in [0.1, 0.15) is 86.7 Å². The van der Waals surface area contributed by atoms with Gasteiger partial charge in [0, 0.05) is 40.9 Å². The molecule has 2 heterocycles. The van der Waals surface area contributed by atoms with Gasteiger partial charge in [-0.15, -0.1) is 14.8 Å². The number of hydrogen-bond donors (Lipinski definition) is 0. The van der Waals surface area contributed by atoms with E-state index < -0.39 is 5.16 Å². The van der Waals surface area contributed by atoms with E-state index in [9.17, 15) is 0 Å². The van der Waals surface area contributed by atoms with Crippen LogP contribution in [0.25, 0.3) is 22.3 Å². The van der Waals surface area contributed by atoms with Crippen molar-refractivity contribution in [1.29, 1.82) is 0 Å². The van der Waals surface area contributed by atoms with Crippen molar-refractivity contribution < 1.29 is 17.1 Å². The summed E-state index contributed by atoms with van der Waals surface area (Å²) >= 11 is 0. The molecule has 308 valence electrons. The number of aromatic nitrogens is 2. The average molecular weight is 853 g/mol. The molecule has 0 amide bonds. The average Bonchev–Trinajstić information content (AvgIpc) is 3.97. The molecule has 59 heavy (non-hydrogen) atoms. The van der Waals surface area contributed by atoms with Crippen molar-refractivity contribution in [2.24, 2.45) is 47.3 Å². The fourth-order valence-electron chi connectivity index (χ4n) is 14.3. The van der Waals surface area contributed by atoms with Crippen molar-refractivity contribution in [3.05, 3.63) is 168 Å². The van der Waals surface area contributed by atoms with Crippen LogP contribution in [0.5, 0.6) is 0 Å². The van der Waals surface area contributed by atoms with Crippen LogP contribution in [0.3, 0.4) is 0 Å². The van der Waals surface area contributed by atoms with Crippen LogP contribution >= 0.6 is 17.2 Å². The molecular formula is C54H58FeN2P2-6. The van der Waals surface area contributed by atoms with E-state index in [4.69, 9.17) is 9.97 Å². The molecule has 2 nitrogen and oxygen atoms in total. The second-order valence-electron chi connectivity index (χ2n) is 19.3. The Bertz CT molecular complexity index is 2120. The summed E-state index contributed by atoms with van der Waals surface area (Å²) in [6.07, 6.45) is 20.4. The molecule has 6 aromatic rings. The Kier molecular flexibility index (Phi) is 11.5. The van der Waals surface area contributed by atoms with Crippen LogP contribution in [-0.4, -0.2) is 21.3 Å². The Morgan fingerprint density at radius 3 is 1.36 bits per heavy atom. The molecule has 8 fully saturated rings. The number of rotatable bonds is 9. The first-order valence-electron chi connectivity index (χ1n) is 22.6. The van der Waals surface area contributed by atoms with Crippen molar-refractivity contribution in [3.63, 3.8) is 0 Å². The maximum Gasteiger partial charge on any atom is 0.0501 e. The summed E-state index contributed by atoms with van der Waals surface area (Å²) in [6, 6.07) is 48.2. The van der Waals surface area contributed by atoms with Crippen molar-refractivity contribution in [1.82, 2.24) is 9.97 Å². The molecule has 8 aliphatic rings. The molecule has 8 saturated carbocycles. The van der Waals surface area contributed by atoms with Gasteiger partial charge in [-0.3, -0.25) is 9.97 Å². The third-order valence-corrected chi connectivity index (χ3v) is 20.7. The molecule has 0 saturated heterocycles. The van der Waals surface area contributed by atoms with E-state index in [-0.39, 0.29) is 25.0 Å². The molecule has 0 N–H and O–H groups in total. The van der Waals surface area contributed by atoms with E-state index in [1.165, 1.54) is 98.2 Å². The van der Waals surface area contributed by atoms with Gasteiger partial charge in [-0.1, -0.05) is 91.8 Å². The topological polar surface area (TPSA) is 25.8 Å². The van der Waals surface area contributed by atoms with E-state index in [2.05, 4.69) is 112 Å². The summed E-state index contributed by atoms with van der Waals surface area (Å²) in [5.74, 6) is 7.85. The largest absolute Gasteiger partial charge is 0.748 e. The van der Waals surface area contributed by atoms with E-state index >= 15 is 0 Å². The third kappa shape index (κ3) is 7.39. The molecule has 8 aliphatic carbocycles. The van der Waals surface area contributed by atoms with Gasteiger partial charge in [0.05, 0.1) is 5.16 Å². The van der Waals surface area contributed by atoms with Gasteiger partial charge in [0.15, 0.2) is 0 Å². The minimum atomic E-state index is -0.580. The first-order valence-corrected chi connectivity index (χ1v) is 24.8. The van der Waals surface area contributed by atoms with Crippen LogP contribution < -0.4 is 0 Å². The zero-order chi connectivity index (χ0) is 38.6. The Balaban J connectivity index is 0.000000655. The minimum absolute atomic E-state index is 0. The van der Waals surface area contributed by atoms with Gasteiger partial charge < -0.3 is 30.3 Å². The quantitative estimate of drug-likeness (QED) is 0.0823. The van der Waals surface area contributed by atoms with E-state index in [0.29, 0.717) is 0 Å². The minimum Gasteiger partial charge on any atom is -0.748 e. The monoisotopic (exact) mass is 852 g/mol. The number of benzene rings is 2. The van der Waals surface area contributed by atoms with Gasteiger partial charge in [0.2, 0.25) is 0 Å². The number of pyridine rings is 2. The second-order valence-corrected chi connectivity index (χ2v) is 22.7. The SMILES string of the molecule is PC(c1ccccn1)(c1ccccn1)[c-]1cc(-c2ccccc2)c(-c2ccccc2)c1CP(C1C2CC3CC(C2)CC1C3)C1C2CC3CC(C2)CC1C3.[Fe].[cH-]1[cH-][cH-][cH-][cH-]1. The summed E-state index contributed by atoms with van der Waals surface area (Å²) < 4.78 is 0. The van der Waals surface area contributed by atoms with Gasteiger partial charge in [0.25, 0.3) is 0 Å². The molecule has 5 heteroatoms. The first kappa shape index (κ1) is 39.9. The van der Waals surface area contributed by atoms with Crippen molar-refractivity contribution in [2.75, 3.05) is 0 Å². The zero-order valence-corrected chi connectivity index (χ0v) is 37.3. The van der Waals surface area contributed by atoms with E-state index in [1.807, 2.05) is 42.7 Å². The summed E-state index contributed by atoms with van der Waals surface area (Å²) in [5, 5.41) is -0.580. The zero-order valence-electron chi connectivity index (χ0n) is 34.2. The maximum atomic E-state index is 5.15. The summed E-state index contributed by atoms with van der Waals surface area (Å²) in [4.78, 5) is 10.3. The summed E-state index contributed by atoms with van der Waals surface area (Å²) in [6.45, 7) is 0. The standard InChI is InChI=1S/C49H53N2P2.C5H5.Fe/c52-49(44-15-7-9-17-50-44,45-16-8-10-18-51-45)43-29-41(35-11-3-1-4-12-35)46(36-13-5-2-6-14-36)42(43)30-53(47-37-21-31-19-32(23-37)24-38(47)22-31)48-39-25-33-20-34(27-39)28-40(48)26-33;1-2-4-5-3-1;/h1-18,29,31-34,37-40,47-48H,19-28,30,52H2;1-5H;/q-1;-5;. The van der Waals surface area contributed by atoms with Gasteiger partial charge in [-0.25, -0.2) is 0 Å². The molecule has 1 unspecified atom stereocenters. The maximum absolute atomic E-state index is 5.15. The van der Waals surface area contributed by atoms with Crippen molar-refractivity contribution >= 4 is 17.2 Å². The fraction of sp³-hybridized carbons (Fsp3) is 0.407. The Morgan fingerprint density at radius 1 is 0.542 bits per heavy atom. The van der Waals surface area contributed by atoms with Gasteiger partial charge in [-0.2, -0.15) is 22.8 Å². The summed E-state index contributed by atoms with van der Waals surface area (Å²) in [7, 11) is 3.12. The fourth-order valence-corrected chi connectivity index (χ4v) is 19.5. The molecule has 8 bridgehead atoms.